The van der Waals surface area contributed by atoms with Gasteiger partial charge in [0.1, 0.15) is 12.3 Å². The second-order valence-electron chi connectivity index (χ2n) is 7.63. The van der Waals surface area contributed by atoms with E-state index in [1.165, 1.54) is 12.0 Å². The summed E-state index contributed by atoms with van der Waals surface area (Å²) in [4.78, 5) is 24.3. The zero-order valence-corrected chi connectivity index (χ0v) is 18.4. The number of pyridine rings is 1. The van der Waals surface area contributed by atoms with Crippen LogP contribution < -0.4 is 4.74 Å². The van der Waals surface area contributed by atoms with Crippen molar-refractivity contribution in [3.05, 3.63) is 48.3 Å². The molecule has 0 aliphatic carbocycles. The van der Waals surface area contributed by atoms with Crippen LogP contribution in [0.2, 0.25) is 0 Å². The highest BCUT2D eigenvalue weighted by molar-refractivity contribution is 7.98. The Labute approximate surface area is 181 Å². The van der Waals surface area contributed by atoms with Crippen molar-refractivity contribution >= 4 is 28.7 Å². The zero-order chi connectivity index (χ0) is 20.9. The van der Waals surface area contributed by atoms with Gasteiger partial charge in [-0.15, -0.1) is 0 Å². The molecule has 4 rings (SSSR count). The van der Waals surface area contributed by atoms with Crippen LogP contribution in [-0.4, -0.2) is 45.0 Å². The summed E-state index contributed by atoms with van der Waals surface area (Å²) in [5.41, 5.74) is 2.97. The predicted octanol–water partition coefficient (Wildman–Crippen LogP) is 4.52. The first-order valence-corrected chi connectivity index (χ1v) is 11.5. The quantitative estimate of drug-likeness (QED) is 0.522. The number of carbonyl (C=O) groups is 1. The summed E-state index contributed by atoms with van der Waals surface area (Å²) in [5.74, 6) is 1.80. The van der Waals surface area contributed by atoms with Gasteiger partial charge in [-0.2, -0.15) is 0 Å². The lowest BCUT2D eigenvalue weighted by Crippen LogP contribution is -2.44. The van der Waals surface area contributed by atoms with Gasteiger partial charge >= 0.3 is 0 Å². The third-order valence-electron chi connectivity index (χ3n) is 5.75. The van der Waals surface area contributed by atoms with Crippen LogP contribution in [0.5, 0.6) is 5.75 Å². The number of methoxy groups -OCH3 is 1. The Kier molecular flexibility index (Phi) is 6.57. The first-order chi connectivity index (χ1) is 14.7. The van der Waals surface area contributed by atoms with Gasteiger partial charge in [0.05, 0.1) is 24.3 Å². The molecule has 0 saturated carbocycles. The molecule has 30 heavy (non-hydrogen) atoms. The Morgan fingerprint density at radius 3 is 2.83 bits per heavy atom. The number of aromatic nitrogens is 3. The van der Waals surface area contributed by atoms with E-state index in [1.807, 2.05) is 22.8 Å². The van der Waals surface area contributed by atoms with Gasteiger partial charge in [-0.3, -0.25) is 9.78 Å². The molecule has 1 fully saturated rings. The highest BCUT2D eigenvalue weighted by atomic mass is 32.2. The average molecular weight is 425 g/mol. The normalized spacial score (nSPS) is 16.7. The maximum atomic E-state index is 13.2. The zero-order valence-electron chi connectivity index (χ0n) is 17.6. The highest BCUT2D eigenvalue weighted by Crippen LogP contribution is 2.28. The molecule has 3 heterocycles. The maximum absolute atomic E-state index is 13.2. The Bertz CT molecular complexity index is 1000. The van der Waals surface area contributed by atoms with Crippen LogP contribution in [0.3, 0.4) is 0 Å². The fourth-order valence-electron chi connectivity index (χ4n) is 4.06. The average Bonchev–Trinajstić information content (AvgIpc) is 3.15. The number of piperidine rings is 1. The van der Waals surface area contributed by atoms with Gasteiger partial charge in [0.15, 0.2) is 5.16 Å². The molecule has 0 bridgehead atoms. The molecule has 1 aliphatic rings. The maximum Gasteiger partial charge on any atom is 0.242 e. The lowest BCUT2D eigenvalue weighted by atomic mass is 10.00. The minimum Gasteiger partial charge on any atom is -0.497 e. The minimum absolute atomic E-state index is 0.177. The largest absolute Gasteiger partial charge is 0.497 e. The molecule has 7 heteroatoms. The smallest absolute Gasteiger partial charge is 0.242 e. The summed E-state index contributed by atoms with van der Waals surface area (Å²) in [6.45, 7) is 3.34. The number of likely N-dealkylation sites (tertiary alicyclic amines) is 1. The van der Waals surface area contributed by atoms with Gasteiger partial charge in [0.2, 0.25) is 5.91 Å². The van der Waals surface area contributed by atoms with E-state index in [1.54, 1.807) is 31.3 Å². The van der Waals surface area contributed by atoms with Crippen molar-refractivity contribution in [2.45, 2.75) is 56.1 Å². The van der Waals surface area contributed by atoms with Crippen molar-refractivity contribution in [1.29, 1.82) is 0 Å². The summed E-state index contributed by atoms with van der Waals surface area (Å²) in [7, 11) is 1.67. The minimum atomic E-state index is 0.177. The van der Waals surface area contributed by atoms with E-state index in [2.05, 4.69) is 28.9 Å². The summed E-state index contributed by atoms with van der Waals surface area (Å²) in [6, 6.07) is 10.3. The summed E-state index contributed by atoms with van der Waals surface area (Å²) < 4.78 is 7.27. The first-order valence-electron chi connectivity index (χ1n) is 10.5. The number of hydrogen-bond acceptors (Lipinski definition) is 5. The lowest BCUT2D eigenvalue weighted by molar-refractivity contribution is -0.135. The summed E-state index contributed by atoms with van der Waals surface area (Å²) in [5, 5.41) is 0.854. The molecule has 0 N–H and O–H groups in total. The van der Waals surface area contributed by atoms with E-state index in [-0.39, 0.29) is 5.91 Å². The summed E-state index contributed by atoms with van der Waals surface area (Å²) >= 11 is 1.65. The van der Waals surface area contributed by atoms with Crippen molar-refractivity contribution in [3.63, 3.8) is 0 Å². The monoisotopic (exact) mass is 424 g/mol. The van der Waals surface area contributed by atoms with Gasteiger partial charge in [-0.25, -0.2) is 4.98 Å². The molecule has 1 saturated heterocycles. The molecule has 0 unspecified atom stereocenters. The van der Waals surface area contributed by atoms with Gasteiger partial charge in [-0.05, 0) is 49.4 Å². The number of fused-ring (bicyclic) bond motifs is 1. The van der Waals surface area contributed by atoms with Crippen LogP contribution in [0.4, 0.5) is 0 Å². The van der Waals surface area contributed by atoms with E-state index >= 15 is 0 Å². The van der Waals surface area contributed by atoms with Crippen LogP contribution >= 0.6 is 11.8 Å². The van der Waals surface area contributed by atoms with Crippen molar-refractivity contribution in [2.75, 3.05) is 13.7 Å². The Balaban J connectivity index is 1.56. The Hall–Kier alpha value is -2.54. The van der Waals surface area contributed by atoms with E-state index in [4.69, 9.17) is 9.72 Å². The molecule has 1 aromatic carbocycles. The molecule has 0 radical (unpaired) electrons. The molecule has 158 valence electrons. The van der Waals surface area contributed by atoms with Gasteiger partial charge in [0, 0.05) is 24.5 Å². The van der Waals surface area contributed by atoms with Crippen LogP contribution in [-0.2, 0) is 17.1 Å². The fourth-order valence-corrected chi connectivity index (χ4v) is 5.03. The van der Waals surface area contributed by atoms with E-state index in [9.17, 15) is 4.79 Å². The number of carbonyl (C=O) groups excluding carboxylic acids is 1. The van der Waals surface area contributed by atoms with Gasteiger partial charge < -0.3 is 14.2 Å². The number of thioether (sulfide) groups is 1. The molecule has 1 atom stereocenters. The third kappa shape index (κ3) is 4.46. The topological polar surface area (TPSA) is 60.2 Å². The highest BCUT2D eigenvalue weighted by Gasteiger charge is 2.26. The molecule has 0 spiro atoms. The molecular weight excluding hydrogens is 396 g/mol. The second kappa shape index (κ2) is 9.51. The van der Waals surface area contributed by atoms with Crippen LogP contribution in [0, 0.1) is 0 Å². The fraction of sp³-hybridized carbons (Fsp3) is 0.435. The lowest BCUT2D eigenvalue weighted by Gasteiger charge is -2.35. The molecular formula is C23H28N4O2S. The number of ether oxygens (including phenoxy) is 1. The van der Waals surface area contributed by atoms with Gasteiger partial charge in [-0.1, -0.05) is 30.8 Å². The van der Waals surface area contributed by atoms with E-state index < -0.39 is 0 Å². The summed E-state index contributed by atoms with van der Waals surface area (Å²) in [6.07, 6.45) is 7.97. The third-order valence-corrected chi connectivity index (χ3v) is 6.80. The van der Waals surface area contributed by atoms with E-state index in [0.29, 0.717) is 12.6 Å². The van der Waals surface area contributed by atoms with E-state index in [0.717, 1.165) is 53.5 Å². The van der Waals surface area contributed by atoms with Crippen LogP contribution in [0.1, 0.15) is 38.2 Å². The molecule has 1 amide bonds. The molecule has 3 aromatic rings. The first kappa shape index (κ1) is 20.7. The SMILES string of the molecule is CC[C@H]1CCCCN1C(=O)Cn1c(SCc2ccc(OC)cc2)nc2ccncc21. The number of amides is 1. The van der Waals surface area contributed by atoms with Gasteiger partial charge in [0.25, 0.3) is 0 Å². The number of imidazole rings is 1. The molecule has 6 nitrogen and oxygen atoms in total. The van der Waals surface area contributed by atoms with Crippen molar-refractivity contribution in [3.8, 4) is 5.75 Å². The number of benzene rings is 1. The number of rotatable bonds is 7. The number of hydrogen-bond donors (Lipinski definition) is 0. The van der Waals surface area contributed by atoms with Crippen molar-refractivity contribution < 1.29 is 9.53 Å². The van der Waals surface area contributed by atoms with Crippen molar-refractivity contribution in [2.24, 2.45) is 0 Å². The van der Waals surface area contributed by atoms with Crippen LogP contribution in [0.25, 0.3) is 11.0 Å². The number of nitrogens with zero attached hydrogens (tertiary/aromatic N) is 4. The van der Waals surface area contributed by atoms with Crippen molar-refractivity contribution in [1.82, 2.24) is 19.4 Å². The Morgan fingerprint density at radius 1 is 1.23 bits per heavy atom. The molecule has 1 aliphatic heterocycles. The van der Waals surface area contributed by atoms with Crippen LogP contribution in [0.15, 0.2) is 47.9 Å². The standard InChI is InChI=1S/C23H28N4O2S/c1-3-18-6-4-5-13-26(18)22(28)15-27-21-14-24-12-11-20(21)25-23(27)30-16-17-7-9-19(29-2)10-8-17/h7-12,14,18H,3-6,13,15-16H2,1-2H3/t18-/m0/s1. The molecule has 2 aromatic heterocycles. The predicted molar refractivity (Wildman–Crippen MR) is 120 cm³/mol. The second-order valence-corrected chi connectivity index (χ2v) is 8.57. The Morgan fingerprint density at radius 2 is 2.07 bits per heavy atom.